The Morgan fingerprint density at radius 1 is 1.30 bits per heavy atom. The second-order valence-electron chi connectivity index (χ2n) is 4.01. The lowest BCUT2D eigenvalue weighted by Crippen LogP contribution is -2.28. The number of alkyl halides is 3. The zero-order chi connectivity index (χ0) is 14.6. The molecule has 5 nitrogen and oxygen atoms in total. The molecule has 2 rings (SSSR count). The highest BCUT2D eigenvalue weighted by molar-refractivity contribution is 5.95. The Balaban J connectivity index is 2.02. The summed E-state index contributed by atoms with van der Waals surface area (Å²) in [6.07, 6.45) is -0.662. The van der Waals surface area contributed by atoms with Crippen LogP contribution in [0.25, 0.3) is 0 Å². The largest absolute Gasteiger partial charge is 0.417 e. The van der Waals surface area contributed by atoms with Crippen molar-refractivity contribution in [3.05, 3.63) is 47.5 Å². The van der Waals surface area contributed by atoms with Crippen LogP contribution in [0.3, 0.4) is 0 Å². The van der Waals surface area contributed by atoms with Crippen LogP contribution >= 0.6 is 0 Å². The monoisotopic (exact) mass is 284 g/mol. The molecule has 106 valence electrons. The number of hydrogen-bond donors (Lipinski definition) is 2. The maximum absolute atomic E-state index is 12.7. The number of pyridine rings is 1. The van der Waals surface area contributed by atoms with Gasteiger partial charge in [-0.2, -0.15) is 18.3 Å². The summed E-state index contributed by atoms with van der Waals surface area (Å²) in [7, 11) is 0. The molecule has 0 spiro atoms. The molecule has 0 unspecified atom stereocenters. The van der Waals surface area contributed by atoms with Gasteiger partial charge in [0.25, 0.3) is 5.91 Å². The number of H-pyrrole nitrogens is 1. The average molecular weight is 284 g/mol. The van der Waals surface area contributed by atoms with E-state index in [4.69, 9.17) is 0 Å². The lowest BCUT2D eigenvalue weighted by Gasteiger charge is -2.11. The summed E-state index contributed by atoms with van der Waals surface area (Å²) in [6, 6.07) is 2.50. The van der Waals surface area contributed by atoms with Gasteiger partial charge >= 0.3 is 6.18 Å². The molecular weight excluding hydrogens is 273 g/mol. The number of aromatic nitrogens is 3. The first-order chi connectivity index (χ1) is 9.48. The van der Waals surface area contributed by atoms with Crippen LogP contribution in [-0.2, 0) is 12.6 Å². The fourth-order valence-corrected chi connectivity index (χ4v) is 1.65. The van der Waals surface area contributed by atoms with Crippen LogP contribution in [0.4, 0.5) is 13.2 Å². The number of carbonyl (C=O) groups is 1. The van der Waals surface area contributed by atoms with Crippen LogP contribution in [0.5, 0.6) is 0 Å². The van der Waals surface area contributed by atoms with Crippen LogP contribution in [0.2, 0.25) is 0 Å². The second-order valence-corrected chi connectivity index (χ2v) is 4.01. The quantitative estimate of drug-likeness (QED) is 0.899. The Kier molecular flexibility index (Phi) is 4.02. The van der Waals surface area contributed by atoms with Gasteiger partial charge in [0, 0.05) is 37.3 Å². The molecule has 2 heterocycles. The Morgan fingerprint density at radius 3 is 2.75 bits per heavy atom. The fourth-order valence-electron chi connectivity index (χ4n) is 1.65. The molecule has 0 saturated heterocycles. The summed E-state index contributed by atoms with van der Waals surface area (Å²) in [5.74, 6) is -0.801. The smallest absolute Gasteiger partial charge is 0.352 e. The molecule has 8 heteroatoms. The first kappa shape index (κ1) is 14.0. The zero-order valence-electron chi connectivity index (χ0n) is 10.2. The van der Waals surface area contributed by atoms with Crippen molar-refractivity contribution in [2.45, 2.75) is 12.6 Å². The highest BCUT2D eigenvalue weighted by atomic mass is 19.4. The van der Waals surface area contributed by atoms with E-state index in [-0.39, 0.29) is 6.54 Å². The maximum atomic E-state index is 12.7. The van der Waals surface area contributed by atoms with E-state index >= 15 is 0 Å². The fraction of sp³-hybridized carbons (Fsp3) is 0.250. The molecule has 0 radical (unpaired) electrons. The molecular formula is C12H11F3N4O. The lowest BCUT2D eigenvalue weighted by molar-refractivity contribution is -0.138. The SMILES string of the molecule is O=C(NCCc1ccn[nH]1)c1cnccc1C(F)(F)F. The minimum absolute atomic E-state index is 0.202. The van der Waals surface area contributed by atoms with Gasteiger partial charge in [0.2, 0.25) is 0 Å². The lowest BCUT2D eigenvalue weighted by atomic mass is 10.1. The predicted molar refractivity (Wildman–Crippen MR) is 63.9 cm³/mol. The van der Waals surface area contributed by atoms with Gasteiger partial charge in [0.15, 0.2) is 0 Å². The van der Waals surface area contributed by atoms with Gasteiger partial charge in [-0.05, 0) is 12.1 Å². The van der Waals surface area contributed by atoms with Crippen LogP contribution in [0.15, 0.2) is 30.7 Å². The summed E-state index contributed by atoms with van der Waals surface area (Å²) in [5, 5.41) is 8.84. The van der Waals surface area contributed by atoms with E-state index in [9.17, 15) is 18.0 Å². The molecule has 2 N–H and O–H groups in total. The van der Waals surface area contributed by atoms with Crippen molar-refractivity contribution >= 4 is 5.91 Å². The molecule has 2 aromatic heterocycles. The van der Waals surface area contributed by atoms with E-state index in [2.05, 4.69) is 20.5 Å². The van der Waals surface area contributed by atoms with E-state index in [1.54, 1.807) is 12.3 Å². The van der Waals surface area contributed by atoms with Crippen molar-refractivity contribution in [1.29, 1.82) is 0 Å². The number of amides is 1. The van der Waals surface area contributed by atoms with E-state index < -0.39 is 23.2 Å². The van der Waals surface area contributed by atoms with Gasteiger partial charge in [0.1, 0.15) is 0 Å². The molecule has 0 aliphatic carbocycles. The van der Waals surface area contributed by atoms with Crippen molar-refractivity contribution in [2.75, 3.05) is 6.54 Å². The van der Waals surface area contributed by atoms with Crippen LogP contribution in [0, 0.1) is 0 Å². The number of nitrogens with zero attached hydrogens (tertiary/aromatic N) is 2. The normalized spacial score (nSPS) is 11.3. The molecule has 0 bridgehead atoms. The number of nitrogens with one attached hydrogen (secondary N) is 2. The van der Waals surface area contributed by atoms with Gasteiger partial charge in [-0.1, -0.05) is 0 Å². The minimum atomic E-state index is -4.58. The predicted octanol–water partition coefficient (Wildman–Crippen LogP) is 1.80. The average Bonchev–Trinajstić information content (AvgIpc) is 2.91. The van der Waals surface area contributed by atoms with E-state index in [0.717, 1.165) is 24.2 Å². The van der Waals surface area contributed by atoms with Crippen molar-refractivity contribution in [3.63, 3.8) is 0 Å². The molecule has 2 aromatic rings. The van der Waals surface area contributed by atoms with Crippen LogP contribution < -0.4 is 5.32 Å². The van der Waals surface area contributed by atoms with Crippen molar-refractivity contribution < 1.29 is 18.0 Å². The molecule has 1 amide bonds. The highest BCUT2D eigenvalue weighted by Crippen LogP contribution is 2.31. The summed E-state index contributed by atoms with van der Waals surface area (Å²) >= 11 is 0. The molecule has 0 aliphatic heterocycles. The molecule has 20 heavy (non-hydrogen) atoms. The van der Waals surface area contributed by atoms with Crippen molar-refractivity contribution in [2.24, 2.45) is 0 Å². The molecule has 0 saturated carbocycles. The van der Waals surface area contributed by atoms with E-state index in [1.807, 2.05) is 0 Å². The van der Waals surface area contributed by atoms with Gasteiger partial charge in [-0.15, -0.1) is 0 Å². The van der Waals surface area contributed by atoms with Gasteiger partial charge in [-0.25, -0.2) is 0 Å². The van der Waals surface area contributed by atoms with Crippen molar-refractivity contribution in [1.82, 2.24) is 20.5 Å². The number of halogens is 3. The van der Waals surface area contributed by atoms with Gasteiger partial charge in [-0.3, -0.25) is 14.9 Å². The third kappa shape index (κ3) is 3.34. The summed E-state index contributed by atoms with van der Waals surface area (Å²) < 4.78 is 38.2. The topological polar surface area (TPSA) is 70.7 Å². The highest BCUT2D eigenvalue weighted by Gasteiger charge is 2.35. The Labute approximate surface area is 112 Å². The molecule has 0 atom stereocenters. The minimum Gasteiger partial charge on any atom is -0.352 e. The molecule has 0 aliphatic rings. The number of aromatic amines is 1. The van der Waals surface area contributed by atoms with E-state index in [0.29, 0.717) is 6.42 Å². The number of rotatable bonds is 4. The first-order valence-corrected chi connectivity index (χ1v) is 5.76. The molecule has 0 aromatic carbocycles. The maximum Gasteiger partial charge on any atom is 0.417 e. The van der Waals surface area contributed by atoms with Crippen molar-refractivity contribution in [3.8, 4) is 0 Å². The second kappa shape index (κ2) is 5.72. The van der Waals surface area contributed by atoms with Crippen LogP contribution in [-0.4, -0.2) is 27.6 Å². The van der Waals surface area contributed by atoms with Crippen LogP contribution in [0.1, 0.15) is 21.6 Å². The third-order valence-corrected chi connectivity index (χ3v) is 2.61. The Bertz CT molecular complexity index is 581. The molecule has 0 fully saturated rings. The Morgan fingerprint density at radius 2 is 2.10 bits per heavy atom. The summed E-state index contributed by atoms with van der Waals surface area (Å²) in [4.78, 5) is 15.3. The standard InChI is InChI=1S/C12H11F3N4O/c13-12(14,15)10-3-4-16-7-9(10)11(20)17-5-1-8-2-6-18-19-8/h2-4,6-7H,1,5H2,(H,17,20)(H,18,19). The number of hydrogen-bond acceptors (Lipinski definition) is 3. The summed E-state index contributed by atoms with van der Waals surface area (Å²) in [6.45, 7) is 0.202. The Hall–Kier alpha value is -2.38. The van der Waals surface area contributed by atoms with E-state index in [1.165, 1.54) is 0 Å². The zero-order valence-corrected chi connectivity index (χ0v) is 10.2. The third-order valence-electron chi connectivity index (χ3n) is 2.61. The first-order valence-electron chi connectivity index (χ1n) is 5.76. The summed E-state index contributed by atoms with van der Waals surface area (Å²) in [5.41, 5.74) is -0.691. The number of carbonyl (C=O) groups excluding carboxylic acids is 1. The van der Waals surface area contributed by atoms with Gasteiger partial charge in [0.05, 0.1) is 11.1 Å². The van der Waals surface area contributed by atoms with Gasteiger partial charge < -0.3 is 5.32 Å².